The zero-order chi connectivity index (χ0) is 23.3. The number of benzene rings is 1. The number of alkyl halides is 1. The van der Waals surface area contributed by atoms with Gasteiger partial charge in [-0.15, -0.1) is 0 Å². The van der Waals surface area contributed by atoms with Crippen molar-refractivity contribution in [3.63, 3.8) is 0 Å². The summed E-state index contributed by atoms with van der Waals surface area (Å²) in [5, 5.41) is 3.92. The Morgan fingerprint density at radius 1 is 1.18 bits per heavy atom. The Hall–Kier alpha value is -2.48. The van der Waals surface area contributed by atoms with Crippen LogP contribution < -0.4 is 4.74 Å². The van der Waals surface area contributed by atoms with Gasteiger partial charge in [0, 0.05) is 31.5 Å². The predicted octanol–water partition coefficient (Wildman–Crippen LogP) is 4.02. The maximum Gasteiger partial charge on any atom is 0.260 e. The summed E-state index contributed by atoms with van der Waals surface area (Å²) in [7, 11) is 0. The maximum absolute atomic E-state index is 14.1. The van der Waals surface area contributed by atoms with E-state index < -0.39 is 5.67 Å². The molecular weight excluding hydrogens is 435 g/mol. The van der Waals surface area contributed by atoms with Crippen molar-refractivity contribution in [2.24, 2.45) is 5.41 Å². The molecule has 0 radical (unpaired) electrons. The van der Waals surface area contributed by atoms with Crippen molar-refractivity contribution in [2.45, 2.75) is 76.1 Å². The minimum absolute atomic E-state index is 0.233. The Kier molecular flexibility index (Phi) is 5.39. The highest BCUT2D eigenvalue weighted by Gasteiger charge is 2.58. The quantitative estimate of drug-likeness (QED) is 0.638. The fourth-order valence-electron chi connectivity index (χ4n) is 6.36. The molecule has 1 amide bonds. The number of hydrogen-bond acceptors (Lipinski definition) is 6. The van der Waals surface area contributed by atoms with Crippen LogP contribution in [-0.2, 0) is 11.4 Å². The molecule has 2 saturated carbocycles. The van der Waals surface area contributed by atoms with E-state index in [-0.39, 0.29) is 11.3 Å². The van der Waals surface area contributed by atoms with Crippen LogP contribution >= 0.6 is 0 Å². The summed E-state index contributed by atoms with van der Waals surface area (Å²) in [5.74, 6) is 2.24. The molecule has 1 atom stereocenters. The van der Waals surface area contributed by atoms with Crippen LogP contribution in [0.15, 0.2) is 28.8 Å². The highest BCUT2D eigenvalue weighted by atomic mass is 19.1. The smallest absolute Gasteiger partial charge is 0.260 e. The Morgan fingerprint density at radius 3 is 2.65 bits per heavy atom. The SMILES string of the molecule is Cc1nc(COc2ccccc2C2CCN([C@@H]3CCC4(C3)CN(C(=O)C3(F)CC3)C4)CC2)no1. The standard InChI is InChI=1S/C26H33FN4O3/c1-18-28-23(29-34-18)15-33-22-5-3-2-4-21(22)19-7-12-30(13-8-19)20-6-9-25(14-20)16-31(17-25)24(32)26(27)10-11-26/h2-5,19-20H,6-17H2,1H3/t20-/m1/s1. The number of rotatable bonds is 6. The Bertz CT molecular complexity index is 1050. The van der Waals surface area contributed by atoms with Gasteiger partial charge in [0.15, 0.2) is 12.3 Å². The van der Waals surface area contributed by atoms with E-state index in [0.29, 0.717) is 43.1 Å². The largest absolute Gasteiger partial charge is 0.485 e. The van der Waals surface area contributed by atoms with E-state index in [1.165, 1.54) is 12.0 Å². The summed E-state index contributed by atoms with van der Waals surface area (Å²) in [4.78, 5) is 20.9. The maximum atomic E-state index is 14.1. The molecule has 1 spiro atoms. The molecule has 2 aliphatic heterocycles. The number of ether oxygens (including phenoxy) is 1. The van der Waals surface area contributed by atoms with Crippen LogP contribution in [-0.4, -0.2) is 63.7 Å². The molecular formula is C26H33FN4O3. The second-order valence-electron chi connectivity index (χ2n) is 10.9. The van der Waals surface area contributed by atoms with Crippen molar-refractivity contribution < 1.29 is 18.4 Å². The first kappa shape index (κ1) is 22.0. The number of amides is 1. The lowest BCUT2D eigenvalue weighted by atomic mass is 9.77. The van der Waals surface area contributed by atoms with Crippen molar-refractivity contribution in [3.8, 4) is 5.75 Å². The van der Waals surface area contributed by atoms with Gasteiger partial charge in [-0.2, -0.15) is 4.98 Å². The summed E-state index contributed by atoms with van der Waals surface area (Å²) in [6.45, 7) is 5.77. The average Bonchev–Trinajstić information content (AvgIpc) is 3.23. The van der Waals surface area contributed by atoms with Crippen molar-refractivity contribution in [2.75, 3.05) is 26.2 Å². The fourth-order valence-corrected chi connectivity index (χ4v) is 6.36. The Labute approximate surface area is 199 Å². The van der Waals surface area contributed by atoms with Gasteiger partial charge in [0.2, 0.25) is 11.7 Å². The van der Waals surface area contributed by atoms with Crippen LogP contribution in [0.5, 0.6) is 5.75 Å². The van der Waals surface area contributed by atoms with Gasteiger partial charge in [0.1, 0.15) is 5.75 Å². The first-order valence-electron chi connectivity index (χ1n) is 12.7. The van der Waals surface area contributed by atoms with Crippen molar-refractivity contribution in [1.82, 2.24) is 19.9 Å². The van der Waals surface area contributed by atoms with Crippen LogP contribution in [0.1, 0.15) is 68.1 Å². The van der Waals surface area contributed by atoms with Gasteiger partial charge in [-0.3, -0.25) is 4.79 Å². The van der Waals surface area contributed by atoms with Crippen LogP contribution in [0.3, 0.4) is 0 Å². The minimum atomic E-state index is -1.52. The molecule has 1 aromatic heterocycles. The molecule has 8 heteroatoms. The number of aromatic nitrogens is 2. The third-order valence-electron chi connectivity index (χ3n) is 8.42. The van der Waals surface area contributed by atoms with Crippen LogP contribution in [0.2, 0.25) is 0 Å². The second kappa shape index (κ2) is 8.33. The van der Waals surface area contributed by atoms with Gasteiger partial charge < -0.3 is 19.1 Å². The molecule has 2 aliphatic carbocycles. The van der Waals surface area contributed by atoms with Gasteiger partial charge in [-0.25, -0.2) is 4.39 Å². The number of hydrogen-bond donors (Lipinski definition) is 0. The normalized spacial score (nSPS) is 25.9. The number of carbonyl (C=O) groups excluding carboxylic acids is 1. The van der Waals surface area contributed by atoms with E-state index in [0.717, 1.165) is 57.6 Å². The zero-order valence-corrected chi connectivity index (χ0v) is 19.8. The lowest BCUT2D eigenvalue weighted by Crippen LogP contribution is -2.60. The summed E-state index contributed by atoms with van der Waals surface area (Å²) in [6.07, 6.45) is 6.55. The minimum Gasteiger partial charge on any atom is -0.485 e. The molecule has 0 N–H and O–H groups in total. The van der Waals surface area contributed by atoms with Crippen LogP contribution in [0.25, 0.3) is 0 Å². The van der Waals surface area contributed by atoms with E-state index in [1.807, 2.05) is 12.1 Å². The number of halogens is 1. The third kappa shape index (κ3) is 4.10. The molecule has 7 nitrogen and oxygen atoms in total. The zero-order valence-electron chi connectivity index (χ0n) is 19.8. The third-order valence-corrected chi connectivity index (χ3v) is 8.42. The first-order valence-corrected chi connectivity index (χ1v) is 12.7. The molecule has 34 heavy (non-hydrogen) atoms. The Morgan fingerprint density at radius 2 is 1.94 bits per heavy atom. The van der Waals surface area contributed by atoms with E-state index in [9.17, 15) is 9.18 Å². The number of piperidine rings is 1. The monoisotopic (exact) mass is 468 g/mol. The highest BCUT2D eigenvalue weighted by molar-refractivity contribution is 5.88. The highest BCUT2D eigenvalue weighted by Crippen LogP contribution is 2.51. The number of carbonyl (C=O) groups is 1. The summed E-state index contributed by atoms with van der Waals surface area (Å²) >= 11 is 0. The molecule has 2 saturated heterocycles. The van der Waals surface area contributed by atoms with Crippen molar-refractivity contribution in [1.29, 1.82) is 0 Å². The van der Waals surface area contributed by atoms with Gasteiger partial charge in [-0.1, -0.05) is 23.4 Å². The number of para-hydroxylation sites is 1. The number of nitrogens with zero attached hydrogens (tertiary/aromatic N) is 4. The van der Waals surface area contributed by atoms with E-state index in [4.69, 9.17) is 9.26 Å². The molecule has 6 rings (SSSR count). The summed E-state index contributed by atoms with van der Waals surface area (Å²) in [6, 6.07) is 8.89. The fraction of sp³-hybridized carbons (Fsp3) is 0.654. The van der Waals surface area contributed by atoms with Gasteiger partial charge in [0.25, 0.3) is 5.91 Å². The lowest BCUT2D eigenvalue weighted by Gasteiger charge is -2.49. The average molecular weight is 469 g/mol. The van der Waals surface area contributed by atoms with E-state index in [1.54, 1.807) is 11.8 Å². The lowest BCUT2D eigenvalue weighted by molar-refractivity contribution is -0.150. The molecule has 4 aliphatic rings. The molecule has 3 heterocycles. The molecule has 182 valence electrons. The summed E-state index contributed by atoms with van der Waals surface area (Å²) in [5.41, 5.74) is -0.0267. The first-order chi connectivity index (χ1) is 16.4. The molecule has 2 aromatic rings. The molecule has 4 fully saturated rings. The number of likely N-dealkylation sites (tertiary alicyclic amines) is 2. The predicted molar refractivity (Wildman–Crippen MR) is 123 cm³/mol. The number of aryl methyl sites for hydroxylation is 1. The second-order valence-corrected chi connectivity index (χ2v) is 10.9. The van der Waals surface area contributed by atoms with Gasteiger partial charge >= 0.3 is 0 Å². The topological polar surface area (TPSA) is 71.7 Å². The van der Waals surface area contributed by atoms with Crippen molar-refractivity contribution in [3.05, 3.63) is 41.5 Å². The Balaban J connectivity index is 1.01. The van der Waals surface area contributed by atoms with Gasteiger partial charge in [-0.05, 0) is 75.6 Å². The molecule has 1 aromatic carbocycles. The van der Waals surface area contributed by atoms with Gasteiger partial charge in [0.05, 0.1) is 0 Å². The van der Waals surface area contributed by atoms with E-state index >= 15 is 0 Å². The van der Waals surface area contributed by atoms with Crippen LogP contribution in [0, 0.1) is 12.3 Å². The van der Waals surface area contributed by atoms with Crippen molar-refractivity contribution >= 4 is 5.91 Å². The molecule has 0 unspecified atom stereocenters. The summed E-state index contributed by atoms with van der Waals surface area (Å²) < 4.78 is 25.2. The van der Waals surface area contributed by atoms with E-state index in [2.05, 4.69) is 27.2 Å². The van der Waals surface area contributed by atoms with Crippen LogP contribution in [0.4, 0.5) is 4.39 Å². The molecule has 0 bridgehead atoms.